The normalized spacial score (nSPS) is 9.60. The molecule has 0 aliphatic heterocycles. The van der Waals surface area contributed by atoms with Gasteiger partial charge < -0.3 is 25.8 Å². The average Bonchev–Trinajstić information content (AvgIpc) is 2.33. The number of hydrogen-bond acceptors (Lipinski definition) is 6. The van der Waals surface area contributed by atoms with Gasteiger partial charge in [0.05, 0.1) is 4.92 Å². The maximum Gasteiger partial charge on any atom is 0.273 e. The van der Waals surface area contributed by atoms with Crippen LogP contribution in [0.4, 0.5) is 11.4 Å². The highest BCUT2D eigenvalue weighted by Gasteiger charge is 2.20. The van der Waals surface area contributed by atoms with Gasteiger partial charge in [0, 0.05) is 55.3 Å². The number of quaternary nitrogens is 1. The molecule has 0 fully saturated rings. The Morgan fingerprint density at radius 3 is 2.10 bits per heavy atom. The van der Waals surface area contributed by atoms with Gasteiger partial charge >= 0.3 is 0 Å². The fourth-order valence-corrected chi connectivity index (χ4v) is 1.71. The lowest BCUT2D eigenvalue weighted by atomic mass is 9.98. The first-order valence-electron chi connectivity index (χ1n) is 5.85. The summed E-state index contributed by atoms with van der Waals surface area (Å²) in [6.07, 6.45) is 0.519. The lowest BCUT2D eigenvalue weighted by molar-refractivity contribution is -0.385. The third-order valence-electron chi connectivity index (χ3n) is 2.42. The van der Waals surface area contributed by atoms with Gasteiger partial charge in [-0.25, -0.2) is 0 Å². The zero-order valence-electron chi connectivity index (χ0n) is 11.2. The van der Waals surface area contributed by atoms with Crippen molar-refractivity contribution in [3.05, 3.63) is 33.4 Å². The Balaban J connectivity index is 0.000000796. The molecule has 0 atom stereocenters. The summed E-state index contributed by atoms with van der Waals surface area (Å²) in [5, 5.41) is 37.5. The van der Waals surface area contributed by atoms with Crippen LogP contribution in [-0.2, 0) is 17.6 Å². The number of aliphatic carboxylic acids is 1. The molecule has 0 bridgehead atoms. The molecule has 0 aromatic heterocycles. The van der Waals surface area contributed by atoms with E-state index in [1.54, 1.807) is 6.07 Å². The van der Waals surface area contributed by atoms with Gasteiger partial charge in [-0.3, -0.25) is 10.1 Å². The molecule has 8 heteroatoms. The third kappa shape index (κ3) is 5.74. The molecular formula is C12H18N2O6. The van der Waals surface area contributed by atoms with Crippen LogP contribution in [0.3, 0.4) is 0 Å². The smallest absolute Gasteiger partial charge is 0.273 e. The number of carbonyl (C=O) groups is 1. The second kappa shape index (κ2) is 8.97. The molecular weight excluding hydrogens is 268 g/mol. The summed E-state index contributed by atoms with van der Waals surface area (Å²) in [6, 6.07) is 2.94. The van der Waals surface area contributed by atoms with E-state index < -0.39 is 10.9 Å². The van der Waals surface area contributed by atoms with Crippen LogP contribution < -0.4 is 10.8 Å². The zero-order valence-corrected chi connectivity index (χ0v) is 11.2. The van der Waals surface area contributed by atoms with Crippen molar-refractivity contribution < 1.29 is 30.8 Å². The molecule has 0 radical (unpaired) electrons. The van der Waals surface area contributed by atoms with Gasteiger partial charge in [0.2, 0.25) is 0 Å². The molecule has 0 amide bonds. The van der Waals surface area contributed by atoms with Gasteiger partial charge in [0.25, 0.3) is 5.69 Å². The van der Waals surface area contributed by atoms with Crippen LogP contribution in [0.25, 0.3) is 0 Å². The summed E-state index contributed by atoms with van der Waals surface area (Å²) in [4.78, 5) is 19.2. The number of carbonyl (C=O) groups excluding carboxylic acids is 1. The van der Waals surface area contributed by atoms with E-state index in [1.165, 1.54) is 6.07 Å². The molecule has 1 aromatic rings. The number of carboxylic acid groups (broad SMARTS) is 1. The molecule has 0 saturated heterocycles. The quantitative estimate of drug-likeness (QED) is 0.433. The molecule has 112 valence electrons. The molecule has 5 N–H and O–H groups in total. The first-order valence-corrected chi connectivity index (χ1v) is 5.85. The van der Waals surface area contributed by atoms with Crippen molar-refractivity contribution in [3.63, 3.8) is 0 Å². The molecule has 20 heavy (non-hydrogen) atoms. The van der Waals surface area contributed by atoms with Crippen molar-refractivity contribution in [2.24, 2.45) is 0 Å². The molecule has 0 unspecified atom stereocenters. The number of hydrogen-bond donors (Lipinski definition) is 3. The van der Waals surface area contributed by atoms with Crippen LogP contribution in [-0.4, -0.2) is 34.3 Å². The van der Waals surface area contributed by atoms with Crippen LogP contribution >= 0.6 is 0 Å². The topological polar surface area (TPSA) is 151 Å². The summed E-state index contributed by atoms with van der Waals surface area (Å²) in [5.41, 5.74) is 5.52. The summed E-state index contributed by atoms with van der Waals surface area (Å²) < 4.78 is 0. The van der Waals surface area contributed by atoms with Crippen LogP contribution in [0.1, 0.15) is 18.1 Å². The number of nitro benzene ring substituents is 1. The minimum absolute atomic E-state index is 0.0232. The number of aliphatic hydroxyl groups is 2. The van der Waals surface area contributed by atoms with Crippen molar-refractivity contribution in [2.45, 2.75) is 19.8 Å². The third-order valence-corrected chi connectivity index (χ3v) is 2.42. The van der Waals surface area contributed by atoms with Gasteiger partial charge in [-0.1, -0.05) is 0 Å². The Morgan fingerprint density at radius 1 is 1.25 bits per heavy atom. The van der Waals surface area contributed by atoms with E-state index in [2.05, 4.69) is 5.73 Å². The SMILES string of the molecule is CC(=O)[O-].[NH3+]c1ccc([N+](=O)[O-])c(CCO)c1CCO. The summed E-state index contributed by atoms with van der Waals surface area (Å²) in [6.45, 7) is 0.713. The molecule has 0 spiro atoms. The predicted molar refractivity (Wildman–Crippen MR) is 67.9 cm³/mol. The molecule has 0 heterocycles. The van der Waals surface area contributed by atoms with Crippen LogP contribution in [0.5, 0.6) is 0 Å². The molecule has 1 rings (SSSR count). The number of nitro groups is 1. The van der Waals surface area contributed by atoms with E-state index in [1.807, 2.05) is 0 Å². The van der Waals surface area contributed by atoms with Gasteiger partial charge in [0.1, 0.15) is 5.69 Å². The Labute approximate surface area is 115 Å². The van der Waals surface area contributed by atoms with Crippen LogP contribution in [0.2, 0.25) is 0 Å². The Hall–Kier alpha value is -2.03. The van der Waals surface area contributed by atoms with E-state index in [9.17, 15) is 10.1 Å². The van der Waals surface area contributed by atoms with Crippen molar-refractivity contribution >= 4 is 17.3 Å². The van der Waals surface area contributed by atoms with Crippen LogP contribution in [0.15, 0.2) is 12.1 Å². The number of benzene rings is 1. The molecule has 0 aliphatic rings. The highest BCUT2D eigenvalue weighted by molar-refractivity contribution is 5.60. The van der Waals surface area contributed by atoms with E-state index in [-0.39, 0.29) is 25.3 Å². The first-order chi connectivity index (χ1) is 9.34. The lowest BCUT2D eigenvalue weighted by Crippen LogP contribution is -2.42. The minimum Gasteiger partial charge on any atom is -0.550 e. The number of aliphatic hydroxyl groups excluding tert-OH is 2. The fourth-order valence-electron chi connectivity index (χ4n) is 1.71. The second-order valence-electron chi connectivity index (χ2n) is 3.90. The highest BCUT2D eigenvalue weighted by atomic mass is 16.6. The van der Waals surface area contributed by atoms with Crippen molar-refractivity contribution in [1.82, 2.24) is 0 Å². The minimum atomic E-state index is -1.08. The van der Waals surface area contributed by atoms with E-state index in [0.29, 0.717) is 23.2 Å². The number of nitrogens with zero attached hydrogens (tertiary/aromatic N) is 1. The van der Waals surface area contributed by atoms with Crippen molar-refractivity contribution in [2.75, 3.05) is 13.2 Å². The van der Waals surface area contributed by atoms with Gasteiger partial charge in [-0.2, -0.15) is 0 Å². The molecule has 0 saturated carbocycles. The van der Waals surface area contributed by atoms with E-state index >= 15 is 0 Å². The summed E-state index contributed by atoms with van der Waals surface area (Å²) >= 11 is 0. The fraction of sp³-hybridized carbons (Fsp3) is 0.417. The maximum atomic E-state index is 10.8. The maximum absolute atomic E-state index is 10.8. The Kier molecular flexibility index (Phi) is 8.06. The lowest BCUT2D eigenvalue weighted by Gasteiger charge is -2.08. The molecule has 8 nitrogen and oxygen atoms in total. The van der Waals surface area contributed by atoms with Gasteiger partial charge in [-0.15, -0.1) is 0 Å². The summed E-state index contributed by atoms with van der Waals surface area (Å²) in [5.74, 6) is -1.08. The monoisotopic (exact) mass is 286 g/mol. The van der Waals surface area contributed by atoms with Crippen LogP contribution in [0, 0.1) is 10.1 Å². The Bertz CT molecular complexity index is 471. The number of carboxylic acids is 1. The molecule has 0 aliphatic carbocycles. The van der Waals surface area contributed by atoms with Gasteiger partial charge in [0.15, 0.2) is 0 Å². The second-order valence-corrected chi connectivity index (χ2v) is 3.90. The van der Waals surface area contributed by atoms with Gasteiger partial charge in [-0.05, 0) is 6.92 Å². The molecule has 1 aromatic carbocycles. The summed E-state index contributed by atoms with van der Waals surface area (Å²) in [7, 11) is 0. The zero-order chi connectivity index (χ0) is 15.7. The van der Waals surface area contributed by atoms with E-state index in [0.717, 1.165) is 6.92 Å². The highest BCUT2D eigenvalue weighted by Crippen LogP contribution is 2.27. The van der Waals surface area contributed by atoms with E-state index in [4.69, 9.17) is 20.1 Å². The largest absolute Gasteiger partial charge is 0.550 e. The Morgan fingerprint density at radius 2 is 1.70 bits per heavy atom. The van der Waals surface area contributed by atoms with Crippen molar-refractivity contribution in [3.8, 4) is 0 Å². The predicted octanol–water partition coefficient (Wildman–Crippen LogP) is -1.71. The average molecular weight is 286 g/mol. The first kappa shape index (κ1) is 18.0. The number of rotatable bonds is 5. The van der Waals surface area contributed by atoms with Crippen molar-refractivity contribution in [1.29, 1.82) is 0 Å². The standard InChI is InChI=1S/C10H14N2O4.C2H4O2/c11-9-1-2-10(12(15)16)8(4-6-14)7(9)3-5-13;1-2(3)4/h1-2,13-14H,3-6,11H2;1H3,(H,3,4).